The van der Waals surface area contributed by atoms with Gasteiger partial charge in [0.25, 0.3) is 0 Å². The molecular weight excluding hydrogens is 424 g/mol. The molecule has 0 aromatic heterocycles. The molecule has 1 heterocycles. The van der Waals surface area contributed by atoms with Crippen molar-refractivity contribution in [2.75, 3.05) is 16.5 Å². The van der Waals surface area contributed by atoms with Gasteiger partial charge in [0.1, 0.15) is 6.67 Å². The molecule has 4 aromatic rings. The Morgan fingerprint density at radius 2 is 0.771 bits per heavy atom. The molecule has 0 unspecified atom stereocenters. The summed E-state index contributed by atoms with van der Waals surface area (Å²) < 4.78 is 0. The van der Waals surface area contributed by atoms with Crippen LogP contribution >= 0.6 is 0 Å². The van der Waals surface area contributed by atoms with Crippen LogP contribution in [0.15, 0.2) is 84.9 Å². The van der Waals surface area contributed by atoms with Crippen molar-refractivity contribution in [3.8, 4) is 0 Å². The number of benzene rings is 4. The fourth-order valence-corrected chi connectivity index (χ4v) is 5.88. The lowest BCUT2D eigenvalue weighted by Crippen LogP contribution is -2.29. The van der Waals surface area contributed by atoms with Crippen molar-refractivity contribution in [1.82, 2.24) is 0 Å². The van der Waals surface area contributed by atoms with Crippen molar-refractivity contribution < 1.29 is 0 Å². The summed E-state index contributed by atoms with van der Waals surface area (Å²) in [7, 11) is 0. The minimum Gasteiger partial charge on any atom is -0.320 e. The van der Waals surface area contributed by atoms with E-state index in [4.69, 9.17) is 0 Å². The third-order valence-corrected chi connectivity index (χ3v) is 6.95. The standard InChI is InChI=1S/C33H34N2/c1-22-17-24(3)30(25(4)18-22)34-21-35(31-26(5)19-23(2)20-27(31)6)33(29-15-11-8-12-16-29)32(34)28-13-9-7-10-14-28/h7-20H,21H2,1-6H3. The largest absolute Gasteiger partial charge is 0.320 e. The second-order valence-corrected chi connectivity index (χ2v) is 9.92. The molecule has 0 atom stereocenters. The van der Waals surface area contributed by atoms with Gasteiger partial charge in [-0.25, -0.2) is 0 Å². The average Bonchev–Trinajstić information content (AvgIpc) is 3.18. The molecule has 0 radical (unpaired) electrons. The van der Waals surface area contributed by atoms with Crippen LogP contribution in [-0.2, 0) is 0 Å². The lowest BCUT2D eigenvalue weighted by Gasteiger charge is -2.29. The topological polar surface area (TPSA) is 6.48 Å². The molecule has 1 aliphatic heterocycles. The van der Waals surface area contributed by atoms with Gasteiger partial charge < -0.3 is 9.80 Å². The van der Waals surface area contributed by atoms with Gasteiger partial charge in [0, 0.05) is 22.5 Å². The molecule has 176 valence electrons. The summed E-state index contributed by atoms with van der Waals surface area (Å²) in [5.74, 6) is 0. The van der Waals surface area contributed by atoms with Crippen LogP contribution in [0.2, 0.25) is 0 Å². The molecule has 1 aliphatic rings. The highest BCUT2D eigenvalue weighted by Crippen LogP contribution is 2.46. The SMILES string of the molecule is Cc1cc(C)c(N2CN(c3c(C)cc(C)cc3C)C(c3ccccc3)=C2c2ccccc2)c(C)c1. The van der Waals surface area contributed by atoms with E-state index in [0.29, 0.717) is 0 Å². The lowest BCUT2D eigenvalue weighted by molar-refractivity contribution is 0.965. The number of hydrogen-bond acceptors (Lipinski definition) is 2. The number of hydrogen-bond donors (Lipinski definition) is 0. The van der Waals surface area contributed by atoms with Gasteiger partial charge in [0.15, 0.2) is 0 Å². The maximum Gasteiger partial charge on any atom is 0.100 e. The summed E-state index contributed by atoms with van der Waals surface area (Å²) in [4.78, 5) is 5.06. The predicted molar refractivity (Wildman–Crippen MR) is 151 cm³/mol. The molecule has 0 N–H and O–H groups in total. The summed E-state index contributed by atoms with van der Waals surface area (Å²) in [5.41, 5.74) is 15.4. The Morgan fingerprint density at radius 3 is 1.09 bits per heavy atom. The number of rotatable bonds is 4. The minimum atomic E-state index is 0.768. The quantitative estimate of drug-likeness (QED) is 0.303. The lowest BCUT2D eigenvalue weighted by atomic mass is 10.00. The van der Waals surface area contributed by atoms with Crippen molar-refractivity contribution >= 4 is 22.8 Å². The Kier molecular flexibility index (Phi) is 5.98. The van der Waals surface area contributed by atoms with E-state index in [1.54, 1.807) is 0 Å². The second kappa shape index (κ2) is 9.11. The molecule has 4 aromatic carbocycles. The summed E-state index contributed by atoms with van der Waals surface area (Å²) in [5, 5.41) is 0. The summed E-state index contributed by atoms with van der Waals surface area (Å²) in [6, 6.07) is 30.9. The van der Waals surface area contributed by atoms with Crippen LogP contribution in [0, 0.1) is 41.5 Å². The third-order valence-electron chi connectivity index (χ3n) is 6.95. The molecule has 0 fully saturated rings. The van der Waals surface area contributed by atoms with Crippen molar-refractivity contribution in [2.24, 2.45) is 0 Å². The van der Waals surface area contributed by atoms with Crippen molar-refractivity contribution in [2.45, 2.75) is 41.5 Å². The molecule has 35 heavy (non-hydrogen) atoms. The van der Waals surface area contributed by atoms with E-state index >= 15 is 0 Å². The number of nitrogens with zero attached hydrogens (tertiary/aromatic N) is 2. The van der Waals surface area contributed by atoms with E-state index in [2.05, 4.69) is 136 Å². The van der Waals surface area contributed by atoms with Crippen LogP contribution in [0.25, 0.3) is 11.4 Å². The maximum atomic E-state index is 2.53. The van der Waals surface area contributed by atoms with Crippen LogP contribution in [0.4, 0.5) is 11.4 Å². The van der Waals surface area contributed by atoms with E-state index < -0.39 is 0 Å². The summed E-state index contributed by atoms with van der Waals surface area (Å²) in [6.45, 7) is 14.1. The van der Waals surface area contributed by atoms with Crippen LogP contribution in [-0.4, -0.2) is 6.67 Å². The molecule has 5 rings (SSSR count). The van der Waals surface area contributed by atoms with Gasteiger partial charge in [0.05, 0.1) is 11.4 Å². The number of aryl methyl sites for hydroxylation is 6. The van der Waals surface area contributed by atoms with Crippen LogP contribution in [0.5, 0.6) is 0 Å². The Labute approximate surface area is 210 Å². The molecule has 0 saturated heterocycles. The smallest absolute Gasteiger partial charge is 0.100 e. The van der Waals surface area contributed by atoms with E-state index in [9.17, 15) is 0 Å². The molecule has 0 saturated carbocycles. The predicted octanol–water partition coefficient (Wildman–Crippen LogP) is 8.35. The van der Waals surface area contributed by atoms with Gasteiger partial charge >= 0.3 is 0 Å². The average molecular weight is 459 g/mol. The van der Waals surface area contributed by atoms with Crippen molar-refractivity contribution in [3.63, 3.8) is 0 Å². The van der Waals surface area contributed by atoms with Gasteiger partial charge in [0.2, 0.25) is 0 Å². The highest BCUT2D eigenvalue weighted by Gasteiger charge is 2.35. The zero-order chi connectivity index (χ0) is 24.7. The first kappa shape index (κ1) is 23.0. The molecule has 0 spiro atoms. The highest BCUT2D eigenvalue weighted by molar-refractivity contribution is 6.06. The van der Waals surface area contributed by atoms with E-state index in [1.165, 1.54) is 67.3 Å². The molecule has 0 amide bonds. The zero-order valence-corrected chi connectivity index (χ0v) is 21.7. The Morgan fingerprint density at radius 1 is 0.457 bits per heavy atom. The van der Waals surface area contributed by atoms with E-state index in [0.717, 1.165) is 6.67 Å². The van der Waals surface area contributed by atoms with Gasteiger partial charge in [-0.05, 0) is 63.8 Å². The van der Waals surface area contributed by atoms with E-state index in [1.807, 2.05) is 0 Å². The molecule has 0 bridgehead atoms. The Balaban J connectivity index is 1.85. The Bertz CT molecular complexity index is 1260. The molecule has 0 aliphatic carbocycles. The fraction of sp³-hybridized carbons (Fsp3) is 0.212. The monoisotopic (exact) mass is 458 g/mol. The Hall–Kier alpha value is -3.78. The van der Waals surface area contributed by atoms with Crippen LogP contribution < -0.4 is 9.80 Å². The first-order chi connectivity index (χ1) is 16.8. The summed E-state index contributed by atoms with van der Waals surface area (Å²) >= 11 is 0. The normalized spacial score (nSPS) is 13.7. The van der Waals surface area contributed by atoms with Crippen molar-refractivity contribution in [3.05, 3.63) is 129 Å². The first-order valence-corrected chi connectivity index (χ1v) is 12.4. The first-order valence-electron chi connectivity index (χ1n) is 12.4. The van der Waals surface area contributed by atoms with Gasteiger partial charge in [-0.3, -0.25) is 0 Å². The zero-order valence-electron chi connectivity index (χ0n) is 21.7. The van der Waals surface area contributed by atoms with E-state index in [-0.39, 0.29) is 0 Å². The third kappa shape index (κ3) is 4.14. The van der Waals surface area contributed by atoms with Gasteiger partial charge in [-0.1, -0.05) is 96.1 Å². The minimum absolute atomic E-state index is 0.768. The molecule has 2 heteroatoms. The van der Waals surface area contributed by atoms with Crippen LogP contribution in [0.1, 0.15) is 44.5 Å². The fourth-order valence-electron chi connectivity index (χ4n) is 5.88. The number of anilines is 2. The molecule has 2 nitrogen and oxygen atoms in total. The summed E-state index contributed by atoms with van der Waals surface area (Å²) in [6.07, 6.45) is 0. The van der Waals surface area contributed by atoms with Gasteiger partial charge in [-0.2, -0.15) is 0 Å². The van der Waals surface area contributed by atoms with Crippen LogP contribution in [0.3, 0.4) is 0 Å². The van der Waals surface area contributed by atoms with Gasteiger partial charge in [-0.15, -0.1) is 0 Å². The highest BCUT2D eigenvalue weighted by atomic mass is 15.4. The van der Waals surface area contributed by atoms with Crippen molar-refractivity contribution in [1.29, 1.82) is 0 Å². The second-order valence-electron chi connectivity index (χ2n) is 9.92. The molecular formula is C33H34N2. The maximum absolute atomic E-state index is 2.53.